The van der Waals surface area contributed by atoms with E-state index in [0.29, 0.717) is 17.9 Å². The van der Waals surface area contributed by atoms with E-state index in [0.717, 1.165) is 45.1 Å². The molecule has 2 saturated heterocycles. The van der Waals surface area contributed by atoms with Gasteiger partial charge in [0.1, 0.15) is 5.76 Å². The molecule has 0 N–H and O–H groups in total. The molecule has 0 aliphatic carbocycles. The van der Waals surface area contributed by atoms with Crippen LogP contribution in [-0.2, 0) is 24.9 Å². The second-order valence-corrected chi connectivity index (χ2v) is 7.62. The molecule has 2 aliphatic heterocycles. The van der Waals surface area contributed by atoms with E-state index in [1.807, 2.05) is 30.1 Å². The third-order valence-electron chi connectivity index (χ3n) is 5.54. The van der Waals surface area contributed by atoms with Gasteiger partial charge in [-0.15, -0.1) is 0 Å². The molecule has 4 heterocycles. The molecule has 2 fully saturated rings. The number of likely N-dealkylation sites (tertiary alicyclic amines) is 1. The number of rotatable bonds is 6. The van der Waals surface area contributed by atoms with Gasteiger partial charge in [0.25, 0.3) is 0 Å². The van der Waals surface area contributed by atoms with Crippen molar-refractivity contribution in [1.29, 1.82) is 0 Å². The fraction of sp³-hybridized carbons (Fsp3) is 0.632. The predicted octanol–water partition coefficient (Wildman–Crippen LogP) is 1.98. The van der Waals surface area contributed by atoms with Crippen molar-refractivity contribution in [3.63, 3.8) is 0 Å². The molecular formula is C19H28N4O2. The maximum absolute atomic E-state index is 6.18. The minimum atomic E-state index is 0.352. The number of aryl methyl sites for hydroxylation is 1. The third kappa shape index (κ3) is 3.97. The van der Waals surface area contributed by atoms with Crippen molar-refractivity contribution in [3.8, 4) is 0 Å². The average Bonchev–Trinajstić information content (AvgIpc) is 3.31. The van der Waals surface area contributed by atoms with Crippen LogP contribution in [0.2, 0.25) is 0 Å². The number of piperidine rings is 1. The van der Waals surface area contributed by atoms with E-state index in [9.17, 15) is 0 Å². The van der Waals surface area contributed by atoms with Crippen molar-refractivity contribution >= 4 is 0 Å². The zero-order valence-corrected chi connectivity index (χ0v) is 15.2. The molecule has 0 bridgehead atoms. The van der Waals surface area contributed by atoms with Gasteiger partial charge in [0, 0.05) is 44.4 Å². The van der Waals surface area contributed by atoms with Crippen molar-refractivity contribution in [2.45, 2.75) is 25.6 Å². The number of likely N-dealkylation sites (N-methyl/N-ethyl adjacent to an activating group) is 1. The summed E-state index contributed by atoms with van der Waals surface area (Å²) in [5.41, 5.74) is 1.30. The molecule has 25 heavy (non-hydrogen) atoms. The minimum absolute atomic E-state index is 0.352. The van der Waals surface area contributed by atoms with Crippen LogP contribution in [0, 0.1) is 11.8 Å². The summed E-state index contributed by atoms with van der Waals surface area (Å²) in [6.45, 7) is 6.01. The number of nitrogens with zero attached hydrogens (tertiary/aromatic N) is 4. The Morgan fingerprint density at radius 3 is 3.08 bits per heavy atom. The molecule has 0 radical (unpaired) electrons. The van der Waals surface area contributed by atoms with Gasteiger partial charge in [-0.3, -0.25) is 14.5 Å². The highest BCUT2D eigenvalue weighted by atomic mass is 16.5. The molecule has 6 nitrogen and oxygen atoms in total. The topological polar surface area (TPSA) is 46.7 Å². The Morgan fingerprint density at radius 1 is 1.40 bits per heavy atom. The zero-order chi connectivity index (χ0) is 17.2. The number of ether oxygens (including phenoxy) is 1. The van der Waals surface area contributed by atoms with Gasteiger partial charge in [0.15, 0.2) is 0 Å². The molecule has 0 aromatic carbocycles. The SMILES string of the molecule is CN(Cc1ccco1)C[C@@H]1OC[C@H]2CN(Cc3cnn(C)c3)CC[C@H]21. The molecule has 136 valence electrons. The van der Waals surface area contributed by atoms with Crippen LogP contribution in [0.1, 0.15) is 17.7 Å². The van der Waals surface area contributed by atoms with Crippen molar-refractivity contribution in [3.05, 3.63) is 42.1 Å². The lowest BCUT2D eigenvalue weighted by atomic mass is 9.84. The normalized spacial score (nSPS) is 27.1. The first-order valence-electron chi connectivity index (χ1n) is 9.20. The van der Waals surface area contributed by atoms with Crippen LogP contribution in [0.4, 0.5) is 0 Å². The van der Waals surface area contributed by atoms with Crippen LogP contribution in [0.25, 0.3) is 0 Å². The molecule has 0 spiro atoms. The minimum Gasteiger partial charge on any atom is -0.468 e. The van der Waals surface area contributed by atoms with E-state index in [-0.39, 0.29) is 0 Å². The summed E-state index contributed by atoms with van der Waals surface area (Å²) in [6, 6.07) is 3.98. The highest BCUT2D eigenvalue weighted by Gasteiger charge is 2.41. The van der Waals surface area contributed by atoms with Crippen LogP contribution < -0.4 is 0 Å². The van der Waals surface area contributed by atoms with Crippen molar-refractivity contribution in [2.75, 3.05) is 33.3 Å². The second kappa shape index (κ2) is 7.32. The Bertz CT molecular complexity index is 669. The second-order valence-electron chi connectivity index (χ2n) is 7.62. The molecular weight excluding hydrogens is 316 g/mol. The van der Waals surface area contributed by atoms with E-state index in [2.05, 4.69) is 28.1 Å². The number of fused-ring (bicyclic) bond motifs is 1. The molecule has 3 atom stereocenters. The molecule has 2 aromatic heterocycles. The lowest BCUT2D eigenvalue weighted by Crippen LogP contribution is -2.43. The first-order chi connectivity index (χ1) is 12.2. The summed E-state index contributed by atoms with van der Waals surface area (Å²) in [5.74, 6) is 2.36. The summed E-state index contributed by atoms with van der Waals surface area (Å²) >= 11 is 0. The number of aromatic nitrogens is 2. The van der Waals surface area contributed by atoms with Gasteiger partial charge in [-0.2, -0.15) is 5.10 Å². The van der Waals surface area contributed by atoms with E-state index in [4.69, 9.17) is 9.15 Å². The third-order valence-corrected chi connectivity index (χ3v) is 5.54. The Kier molecular flexibility index (Phi) is 4.92. The van der Waals surface area contributed by atoms with Gasteiger partial charge in [-0.1, -0.05) is 0 Å². The lowest BCUT2D eigenvalue weighted by Gasteiger charge is -2.36. The maximum Gasteiger partial charge on any atom is 0.117 e. The smallest absolute Gasteiger partial charge is 0.117 e. The number of hydrogen-bond donors (Lipinski definition) is 0. The van der Waals surface area contributed by atoms with Crippen LogP contribution >= 0.6 is 0 Å². The van der Waals surface area contributed by atoms with Gasteiger partial charge in [-0.05, 0) is 38.1 Å². The summed E-state index contributed by atoms with van der Waals surface area (Å²) in [7, 11) is 4.13. The Labute approximate surface area is 149 Å². The average molecular weight is 344 g/mol. The van der Waals surface area contributed by atoms with Gasteiger partial charge in [0.2, 0.25) is 0 Å². The molecule has 0 amide bonds. The highest BCUT2D eigenvalue weighted by Crippen LogP contribution is 2.35. The predicted molar refractivity (Wildman–Crippen MR) is 94.9 cm³/mol. The van der Waals surface area contributed by atoms with E-state index >= 15 is 0 Å². The number of hydrogen-bond acceptors (Lipinski definition) is 5. The van der Waals surface area contributed by atoms with Crippen LogP contribution in [-0.4, -0.2) is 59.0 Å². The first kappa shape index (κ1) is 16.8. The van der Waals surface area contributed by atoms with Gasteiger partial charge >= 0.3 is 0 Å². The maximum atomic E-state index is 6.18. The molecule has 0 saturated carbocycles. The van der Waals surface area contributed by atoms with Crippen LogP contribution in [0.5, 0.6) is 0 Å². The monoisotopic (exact) mass is 344 g/mol. The zero-order valence-electron chi connectivity index (χ0n) is 15.2. The van der Waals surface area contributed by atoms with Crippen molar-refractivity contribution in [2.24, 2.45) is 18.9 Å². The van der Waals surface area contributed by atoms with Crippen molar-refractivity contribution in [1.82, 2.24) is 19.6 Å². The Balaban J connectivity index is 1.28. The highest BCUT2D eigenvalue weighted by molar-refractivity contribution is 5.04. The Morgan fingerprint density at radius 2 is 2.32 bits per heavy atom. The summed E-state index contributed by atoms with van der Waals surface area (Å²) < 4.78 is 13.5. The lowest BCUT2D eigenvalue weighted by molar-refractivity contribution is 0.0533. The quantitative estimate of drug-likeness (QED) is 0.802. The molecule has 2 aliphatic rings. The van der Waals surface area contributed by atoms with Crippen molar-refractivity contribution < 1.29 is 9.15 Å². The van der Waals surface area contributed by atoms with E-state index < -0.39 is 0 Å². The summed E-state index contributed by atoms with van der Waals surface area (Å²) in [4.78, 5) is 4.87. The molecule has 0 unspecified atom stereocenters. The fourth-order valence-corrected chi connectivity index (χ4v) is 4.35. The van der Waals surface area contributed by atoms with Crippen LogP contribution in [0.3, 0.4) is 0 Å². The molecule has 4 rings (SSSR count). The summed E-state index contributed by atoms with van der Waals surface area (Å²) in [5, 5.41) is 4.28. The van der Waals surface area contributed by atoms with E-state index in [1.165, 1.54) is 12.0 Å². The van der Waals surface area contributed by atoms with Gasteiger partial charge in [-0.25, -0.2) is 0 Å². The molecule has 2 aromatic rings. The van der Waals surface area contributed by atoms with Gasteiger partial charge < -0.3 is 9.15 Å². The van der Waals surface area contributed by atoms with Crippen LogP contribution in [0.15, 0.2) is 35.2 Å². The standard InChI is InChI=1S/C19H28N4O2/c1-21(12-17-4-3-7-24-17)13-19-18-5-6-23(11-16(18)14-25-19)10-15-8-20-22(2)9-15/h3-4,7-9,16,18-19H,5-6,10-14H2,1-2H3/t16-,18-,19+/m1/s1. The van der Waals surface area contributed by atoms with E-state index in [1.54, 1.807) is 6.26 Å². The van der Waals surface area contributed by atoms with Gasteiger partial charge in [0.05, 0.1) is 31.7 Å². The number of furan rings is 1. The fourth-order valence-electron chi connectivity index (χ4n) is 4.35. The first-order valence-corrected chi connectivity index (χ1v) is 9.20. The summed E-state index contributed by atoms with van der Waals surface area (Å²) in [6.07, 6.45) is 7.41. The molecule has 6 heteroatoms. The Hall–Kier alpha value is -1.63. The largest absolute Gasteiger partial charge is 0.468 e.